The minimum atomic E-state index is -3.52. The first kappa shape index (κ1) is 14.7. The molecule has 0 radical (unpaired) electrons. The second-order valence-corrected chi connectivity index (χ2v) is 6.27. The number of nitrogens with two attached hydrogens (primary N) is 1. The molecular weight excluding hydrogens is 272 g/mol. The third kappa shape index (κ3) is 3.90. The van der Waals surface area contributed by atoms with Crippen LogP contribution < -0.4 is 10.5 Å². The Morgan fingerprint density at radius 1 is 0.950 bits per heavy atom. The molecule has 0 saturated carbocycles. The summed E-state index contributed by atoms with van der Waals surface area (Å²) in [6.45, 7) is 0.251. The number of hydrogen-bond donors (Lipinski definition) is 2. The number of hydrogen-bond acceptors (Lipinski definition) is 3. The Morgan fingerprint density at radius 2 is 1.50 bits per heavy atom. The van der Waals surface area contributed by atoms with Crippen molar-refractivity contribution in [2.45, 2.75) is 17.4 Å². The van der Waals surface area contributed by atoms with Crippen molar-refractivity contribution in [3.8, 4) is 0 Å². The smallest absolute Gasteiger partial charge is 0.240 e. The SMILES string of the molecule is NCC(Cc1ccccc1)NS(=O)(=O)c1ccccc1. The summed E-state index contributed by atoms with van der Waals surface area (Å²) in [6, 6.07) is 17.7. The van der Waals surface area contributed by atoms with Crippen LogP contribution >= 0.6 is 0 Å². The highest BCUT2D eigenvalue weighted by Gasteiger charge is 2.18. The van der Waals surface area contributed by atoms with Crippen molar-refractivity contribution < 1.29 is 8.42 Å². The Kier molecular flexibility index (Phi) is 4.89. The van der Waals surface area contributed by atoms with Gasteiger partial charge in [0, 0.05) is 12.6 Å². The molecule has 0 aliphatic carbocycles. The summed E-state index contributed by atoms with van der Waals surface area (Å²) in [4.78, 5) is 0.256. The number of rotatable bonds is 6. The molecule has 1 unspecified atom stereocenters. The number of benzene rings is 2. The van der Waals surface area contributed by atoms with E-state index in [9.17, 15) is 8.42 Å². The Labute approximate surface area is 119 Å². The standard InChI is InChI=1S/C15H18N2O2S/c16-12-14(11-13-7-3-1-4-8-13)17-20(18,19)15-9-5-2-6-10-15/h1-10,14,17H,11-12,16H2. The molecule has 2 rings (SSSR count). The molecule has 0 heterocycles. The van der Waals surface area contributed by atoms with Gasteiger partial charge in [0.1, 0.15) is 0 Å². The minimum absolute atomic E-state index is 0.251. The molecule has 3 N–H and O–H groups in total. The predicted octanol–water partition coefficient (Wildman–Crippen LogP) is 1.53. The normalized spacial score (nSPS) is 13.1. The van der Waals surface area contributed by atoms with E-state index in [-0.39, 0.29) is 17.5 Å². The molecule has 106 valence electrons. The third-order valence-corrected chi connectivity index (χ3v) is 4.52. The molecule has 0 fully saturated rings. The van der Waals surface area contributed by atoms with Crippen LogP contribution in [0.3, 0.4) is 0 Å². The largest absolute Gasteiger partial charge is 0.329 e. The fourth-order valence-corrected chi connectivity index (χ4v) is 3.23. The van der Waals surface area contributed by atoms with Crippen molar-refractivity contribution in [1.82, 2.24) is 4.72 Å². The van der Waals surface area contributed by atoms with E-state index in [0.717, 1.165) is 5.56 Å². The molecule has 4 nitrogen and oxygen atoms in total. The van der Waals surface area contributed by atoms with Gasteiger partial charge in [-0.25, -0.2) is 13.1 Å². The van der Waals surface area contributed by atoms with Gasteiger partial charge in [-0.15, -0.1) is 0 Å². The van der Waals surface area contributed by atoms with Crippen LogP contribution in [0.5, 0.6) is 0 Å². The Bertz CT molecular complexity index is 627. The zero-order valence-corrected chi connectivity index (χ0v) is 11.9. The van der Waals surface area contributed by atoms with Crippen molar-refractivity contribution in [3.63, 3.8) is 0 Å². The molecule has 1 atom stereocenters. The van der Waals surface area contributed by atoms with E-state index in [1.165, 1.54) is 0 Å². The highest BCUT2D eigenvalue weighted by Crippen LogP contribution is 2.10. The molecule has 5 heteroatoms. The van der Waals surface area contributed by atoms with Gasteiger partial charge < -0.3 is 5.73 Å². The molecule has 2 aromatic carbocycles. The van der Waals surface area contributed by atoms with Gasteiger partial charge in [0.2, 0.25) is 10.0 Å². The lowest BCUT2D eigenvalue weighted by molar-refractivity contribution is 0.548. The summed E-state index contributed by atoms with van der Waals surface area (Å²) >= 11 is 0. The molecule has 0 bridgehead atoms. The van der Waals surface area contributed by atoms with Gasteiger partial charge in [0.15, 0.2) is 0 Å². The molecule has 0 aliphatic heterocycles. The Morgan fingerprint density at radius 3 is 2.05 bits per heavy atom. The van der Waals surface area contributed by atoms with Gasteiger partial charge in [-0.3, -0.25) is 0 Å². The van der Waals surface area contributed by atoms with Crippen LogP contribution in [0.4, 0.5) is 0 Å². The maximum Gasteiger partial charge on any atom is 0.240 e. The van der Waals surface area contributed by atoms with Crippen LogP contribution in [0.2, 0.25) is 0 Å². The first-order valence-corrected chi connectivity index (χ1v) is 7.91. The summed E-state index contributed by atoms with van der Waals surface area (Å²) in [5.41, 5.74) is 6.73. The zero-order chi connectivity index (χ0) is 14.4. The van der Waals surface area contributed by atoms with Crippen molar-refractivity contribution in [1.29, 1.82) is 0 Å². The monoisotopic (exact) mass is 290 g/mol. The molecule has 0 aliphatic rings. The van der Waals surface area contributed by atoms with Gasteiger partial charge >= 0.3 is 0 Å². The Hall–Kier alpha value is -1.69. The first-order chi connectivity index (χ1) is 9.62. The van der Waals surface area contributed by atoms with Crippen molar-refractivity contribution in [3.05, 3.63) is 66.2 Å². The van der Waals surface area contributed by atoms with Crippen LogP contribution in [-0.2, 0) is 16.4 Å². The van der Waals surface area contributed by atoms with Gasteiger partial charge in [0.25, 0.3) is 0 Å². The van der Waals surface area contributed by atoms with Crippen LogP contribution in [0.25, 0.3) is 0 Å². The molecule has 0 aromatic heterocycles. The predicted molar refractivity (Wildman–Crippen MR) is 79.8 cm³/mol. The third-order valence-electron chi connectivity index (χ3n) is 2.98. The van der Waals surface area contributed by atoms with Gasteiger partial charge in [-0.2, -0.15) is 0 Å². The molecule has 20 heavy (non-hydrogen) atoms. The van der Waals surface area contributed by atoms with Crippen LogP contribution in [-0.4, -0.2) is 21.0 Å². The fourth-order valence-electron chi connectivity index (χ4n) is 1.96. The van der Waals surface area contributed by atoms with E-state index in [2.05, 4.69) is 4.72 Å². The maximum atomic E-state index is 12.2. The summed E-state index contributed by atoms with van der Waals surface area (Å²) < 4.78 is 27.1. The van der Waals surface area contributed by atoms with E-state index in [0.29, 0.717) is 6.42 Å². The van der Waals surface area contributed by atoms with Crippen molar-refractivity contribution >= 4 is 10.0 Å². The maximum absolute atomic E-state index is 12.2. The molecule has 0 spiro atoms. The molecule has 0 saturated heterocycles. The van der Waals surface area contributed by atoms with Crippen LogP contribution in [0, 0.1) is 0 Å². The Balaban J connectivity index is 2.10. The highest BCUT2D eigenvalue weighted by molar-refractivity contribution is 7.89. The summed E-state index contributed by atoms with van der Waals surface area (Å²) in [6.07, 6.45) is 0.573. The van der Waals surface area contributed by atoms with Crippen LogP contribution in [0.1, 0.15) is 5.56 Å². The lowest BCUT2D eigenvalue weighted by atomic mass is 10.1. The first-order valence-electron chi connectivity index (χ1n) is 6.43. The molecule has 2 aromatic rings. The lowest BCUT2D eigenvalue weighted by Gasteiger charge is -2.17. The van der Waals surface area contributed by atoms with Gasteiger partial charge in [-0.1, -0.05) is 48.5 Å². The zero-order valence-electron chi connectivity index (χ0n) is 11.1. The van der Waals surface area contributed by atoms with E-state index >= 15 is 0 Å². The fraction of sp³-hybridized carbons (Fsp3) is 0.200. The number of sulfonamides is 1. The van der Waals surface area contributed by atoms with Gasteiger partial charge in [-0.05, 0) is 24.1 Å². The average Bonchev–Trinajstić information content (AvgIpc) is 2.48. The summed E-state index contributed by atoms with van der Waals surface area (Å²) in [5.74, 6) is 0. The molecule has 0 amide bonds. The highest BCUT2D eigenvalue weighted by atomic mass is 32.2. The average molecular weight is 290 g/mol. The number of nitrogens with one attached hydrogen (secondary N) is 1. The van der Waals surface area contributed by atoms with Gasteiger partial charge in [0.05, 0.1) is 4.90 Å². The van der Waals surface area contributed by atoms with Crippen molar-refractivity contribution in [2.24, 2.45) is 5.73 Å². The second kappa shape index (κ2) is 6.65. The van der Waals surface area contributed by atoms with Crippen LogP contribution in [0.15, 0.2) is 65.6 Å². The summed E-state index contributed by atoms with van der Waals surface area (Å²) in [7, 11) is -3.52. The second-order valence-electron chi connectivity index (χ2n) is 4.56. The van der Waals surface area contributed by atoms with E-state index in [1.54, 1.807) is 30.3 Å². The lowest BCUT2D eigenvalue weighted by Crippen LogP contribution is -2.41. The molecular formula is C15H18N2O2S. The van der Waals surface area contributed by atoms with E-state index in [1.807, 2.05) is 30.3 Å². The topological polar surface area (TPSA) is 72.2 Å². The van der Waals surface area contributed by atoms with Crippen molar-refractivity contribution in [2.75, 3.05) is 6.54 Å². The quantitative estimate of drug-likeness (QED) is 0.847. The summed E-state index contributed by atoms with van der Waals surface area (Å²) in [5, 5.41) is 0. The van der Waals surface area contributed by atoms with E-state index < -0.39 is 10.0 Å². The minimum Gasteiger partial charge on any atom is -0.329 e. The van der Waals surface area contributed by atoms with E-state index in [4.69, 9.17) is 5.73 Å².